The first kappa shape index (κ1) is 15.7. The van der Waals surface area contributed by atoms with Crippen LogP contribution in [0.15, 0.2) is 41.6 Å². The van der Waals surface area contributed by atoms with E-state index in [2.05, 4.69) is 25.6 Å². The van der Waals surface area contributed by atoms with Crippen molar-refractivity contribution in [3.8, 4) is 11.3 Å². The van der Waals surface area contributed by atoms with Crippen molar-refractivity contribution >= 4 is 16.9 Å². The number of H-pyrrole nitrogens is 1. The largest absolute Gasteiger partial charge is 0.368 e. The van der Waals surface area contributed by atoms with Crippen molar-refractivity contribution in [1.82, 2.24) is 25.3 Å². The van der Waals surface area contributed by atoms with E-state index < -0.39 is 0 Å². The summed E-state index contributed by atoms with van der Waals surface area (Å²) in [4.78, 5) is 27.6. The molecule has 3 N–H and O–H groups in total. The topological polar surface area (TPSA) is 95.6 Å². The number of aromatic amines is 1. The van der Waals surface area contributed by atoms with Crippen molar-refractivity contribution in [2.45, 2.75) is 12.8 Å². The molecule has 128 valence electrons. The fourth-order valence-corrected chi connectivity index (χ4v) is 3.15. The van der Waals surface area contributed by atoms with Gasteiger partial charge in [0.1, 0.15) is 5.52 Å². The molecular weight excluding hydrogens is 316 g/mol. The molecule has 3 aromatic heterocycles. The summed E-state index contributed by atoms with van der Waals surface area (Å²) in [7, 11) is 0. The summed E-state index contributed by atoms with van der Waals surface area (Å²) in [5.41, 5.74) is 3.01. The second-order valence-corrected chi connectivity index (χ2v) is 6.32. The number of fused-ring (bicyclic) bond motifs is 1. The van der Waals surface area contributed by atoms with Gasteiger partial charge in [0.2, 0.25) is 5.56 Å². The number of nitrogens with one attached hydrogen (secondary N) is 3. The van der Waals surface area contributed by atoms with Gasteiger partial charge in [-0.2, -0.15) is 0 Å². The molecule has 3 aromatic rings. The number of nitrogens with zero attached hydrogens (tertiary/aromatic N) is 3. The Morgan fingerprint density at radius 2 is 2.16 bits per heavy atom. The van der Waals surface area contributed by atoms with Gasteiger partial charge in [-0.1, -0.05) is 0 Å². The monoisotopic (exact) mass is 336 g/mol. The smallest absolute Gasteiger partial charge is 0.247 e. The number of rotatable bonds is 4. The average Bonchev–Trinajstić information content (AvgIpc) is 2.67. The summed E-state index contributed by atoms with van der Waals surface area (Å²) in [6.45, 7) is 2.97. The number of hydrogen-bond acceptors (Lipinski definition) is 6. The van der Waals surface area contributed by atoms with Gasteiger partial charge in [-0.25, -0.2) is 9.97 Å². The Balaban J connectivity index is 1.68. The molecule has 4 heterocycles. The maximum atomic E-state index is 11.3. The molecule has 1 atom stereocenters. The number of hydrogen-bond donors (Lipinski definition) is 3. The van der Waals surface area contributed by atoms with Gasteiger partial charge < -0.3 is 15.6 Å². The van der Waals surface area contributed by atoms with E-state index in [1.807, 2.05) is 6.07 Å². The molecule has 7 heteroatoms. The minimum atomic E-state index is -0.132. The Kier molecular flexibility index (Phi) is 4.39. The highest BCUT2D eigenvalue weighted by Crippen LogP contribution is 2.25. The fraction of sp³-hybridized carbons (Fsp3) is 0.333. The summed E-state index contributed by atoms with van der Waals surface area (Å²) >= 11 is 0. The molecule has 0 amide bonds. The molecule has 1 saturated heterocycles. The molecule has 1 aliphatic rings. The van der Waals surface area contributed by atoms with Crippen LogP contribution in [0.5, 0.6) is 0 Å². The zero-order valence-corrected chi connectivity index (χ0v) is 13.8. The Morgan fingerprint density at radius 3 is 2.96 bits per heavy atom. The van der Waals surface area contributed by atoms with Crippen LogP contribution < -0.4 is 16.2 Å². The molecule has 1 unspecified atom stereocenters. The van der Waals surface area contributed by atoms with Gasteiger partial charge in [0.15, 0.2) is 5.82 Å². The Bertz CT molecular complexity index is 912. The van der Waals surface area contributed by atoms with Gasteiger partial charge in [0.05, 0.1) is 11.2 Å². The van der Waals surface area contributed by atoms with Crippen molar-refractivity contribution < 1.29 is 0 Å². The Hall–Kier alpha value is -2.80. The molecule has 0 saturated carbocycles. The molecule has 0 bridgehead atoms. The van der Waals surface area contributed by atoms with Crippen LogP contribution in [0.2, 0.25) is 0 Å². The van der Waals surface area contributed by atoms with Gasteiger partial charge in [0, 0.05) is 36.8 Å². The first-order valence-electron chi connectivity index (χ1n) is 8.55. The highest BCUT2D eigenvalue weighted by atomic mass is 16.1. The van der Waals surface area contributed by atoms with Crippen LogP contribution in [0.1, 0.15) is 12.8 Å². The molecular formula is C18H20N6O. The molecule has 0 aliphatic carbocycles. The summed E-state index contributed by atoms with van der Waals surface area (Å²) in [6.07, 6.45) is 7.44. The Labute approximate surface area is 144 Å². The zero-order valence-electron chi connectivity index (χ0n) is 13.8. The van der Waals surface area contributed by atoms with E-state index in [1.165, 1.54) is 18.9 Å². The van der Waals surface area contributed by atoms with Crippen molar-refractivity contribution in [2.24, 2.45) is 5.92 Å². The standard InChI is InChI=1S/C18H20N6O/c25-16-4-3-13(11-22-16)14-8-15-17(21-7-6-20-15)18(24-14)23-10-12-2-1-5-19-9-12/h3-4,6-8,11-12,19H,1-2,5,9-10H2,(H,22,25)(H,23,24). The maximum Gasteiger partial charge on any atom is 0.247 e. The minimum Gasteiger partial charge on any atom is -0.368 e. The molecule has 0 radical (unpaired) electrons. The van der Waals surface area contributed by atoms with Crippen molar-refractivity contribution in [3.63, 3.8) is 0 Å². The van der Waals surface area contributed by atoms with Crippen LogP contribution in [0.4, 0.5) is 5.82 Å². The second-order valence-electron chi connectivity index (χ2n) is 6.32. The first-order valence-corrected chi connectivity index (χ1v) is 8.55. The lowest BCUT2D eigenvalue weighted by Crippen LogP contribution is -2.33. The van der Waals surface area contributed by atoms with E-state index in [-0.39, 0.29) is 5.56 Å². The van der Waals surface area contributed by atoms with Crippen LogP contribution >= 0.6 is 0 Å². The van der Waals surface area contributed by atoms with Crippen LogP contribution in [0.25, 0.3) is 22.3 Å². The van der Waals surface area contributed by atoms with E-state index in [9.17, 15) is 4.79 Å². The number of piperidine rings is 1. The van der Waals surface area contributed by atoms with Crippen molar-refractivity contribution in [3.05, 3.63) is 47.1 Å². The first-order chi connectivity index (χ1) is 12.3. The van der Waals surface area contributed by atoms with Gasteiger partial charge in [-0.15, -0.1) is 0 Å². The van der Waals surface area contributed by atoms with Gasteiger partial charge in [-0.05, 0) is 44.0 Å². The highest BCUT2D eigenvalue weighted by Gasteiger charge is 2.15. The minimum absolute atomic E-state index is 0.132. The van der Waals surface area contributed by atoms with E-state index in [0.717, 1.165) is 47.7 Å². The van der Waals surface area contributed by atoms with Gasteiger partial charge in [-0.3, -0.25) is 9.78 Å². The molecule has 1 aliphatic heterocycles. The normalized spacial score (nSPS) is 17.5. The van der Waals surface area contributed by atoms with Crippen LogP contribution in [0.3, 0.4) is 0 Å². The van der Waals surface area contributed by atoms with E-state index >= 15 is 0 Å². The predicted molar refractivity (Wildman–Crippen MR) is 97.5 cm³/mol. The second kappa shape index (κ2) is 6.98. The maximum absolute atomic E-state index is 11.3. The quantitative estimate of drug-likeness (QED) is 0.672. The third-order valence-electron chi connectivity index (χ3n) is 4.49. The number of aromatic nitrogens is 4. The summed E-state index contributed by atoms with van der Waals surface area (Å²) in [5.74, 6) is 1.32. The SMILES string of the molecule is O=c1ccc(-c2cc3nccnc3c(NCC3CCCNC3)n2)c[nH]1. The molecule has 7 nitrogen and oxygen atoms in total. The number of pyridine rings is 2. The highest BCUT2D eigenvalue weighted by molar-refractivity contribution is 5.88. The van der Waals surface area contributed by atoms with Crippen LogP contribution in [0, 0.1) is 5.92 Å². The fourth-order valence-electron chi connectivity index (χ4n) is 3.15. The zero-order chi connectivity index (χ0) is 17.1. The van der Waals surface area contributed by atoms with E-state index in [4.69, 9.17) is 4.98 Å². The molecule has 0 spiro atoms. The number of anilines is 1. The predicted octanol–water partition coefficient (Wildman–Crippen LogP) is 1.79. The molecule has 1 fully saturated rings. The third kappa shape index (κ3) is 3.51. The lowest BCUT2D eigenvalue weighted by atomic mass is 10.00. The van der Waals surface area contributed by atoms with Crippen LogP contribution in [-0.2, 0) is 0 Å². The lowest BCUT2D eigenvalue weighted by Gasteiger charge is -2.23. The van der Waals surface area contributed by atoms with E-state index in [0.29, 0.717) is 5.92 Å². The summed E-state index contributed by atoms with van der Waals surface area (Å²) < 4.78 is 0. The van der Waals surface area contributed by atoms with Gasteiger partial charge in [0.25, 0.3) is 0 Å². The van der Waals surface area contributed by atoms with Crippen LogP contribution in [-0.4, -0.2) is 39.6 Å². The third-order valence-corrected chi connectivity index (χ3v) is 4.49. The lowest BCUT2D eigenvalue weighted by molar-refractivity contribution is 0.392. The van der Waals surface area contributed by atoms with Crippen molar-refractivity contribution in [1.29, 1.82) is 0 Å². The summed E-state index contributed by atoms with van der Waals surface area (Å²) in [6, 6.07) is 5.15. The average molecular weight is 336 g/mol. The van der Waals surface area contributed by atoms with Gasteiger partial charge >= 0.3 is 0 Å². The molecule has 0 aromatic carbocycles. The molecule has 4 rings (SSSR count). The molecule has 25 heavy (non-hydrogen) atoms. The summed E-state index contributed by atoms with van der Waals surface area (Å²) in [5, 5.41) is 6.88. The van der Waals surface area contributed by atoms with E-state index in [1.54, 1.807) is 24.7 Å². The Morgan fingerprint density at radius 1 is 1.24 bits per heavy atom. The van der Waals surface area contributed by atoms with Crippen molar-refractivity contribution in [2.75, 3.05) is 25.0 Å².